The Morgan fingerprint density at radius 3 is 2.31 bits per heavy atom. The van der Waals surface area contributed by atoms with Gasteiger partial charge in [-0.3, -0.25) is 9.59 Å². The van der Waals surface area contributed by atoms with Crippen molar-refractivity contribution in [1.82, 2.24) is 5.32 Å². The van der Waals surface area contributed by atoms with Gasteiger partial charge in [-0.2, -0.15) is 0 Å². The summed E-state index contributed by atoms with van der Waals surface area (Å²) in [6.07, 6.45) is 8.29. The third-order valence-corrected chi connectivity index (χ3v) is 5.83. The molecule has 0 saturated carbocycles. The molecule has 0 aromatic carbocycles. The predicted octanol–water partition coefficient (Wildman–Crippen LogP) is 2.48. The van der Waals surface area contributed by atoms with Crippen molar-refractivity contribution < 1.29 is 28.6 Å². The number of aliphatic imine (C=N–C) groups is 1. The highest BCUT2D eigenvalue weighted by Gasteiger charge is 2.38. The van der Waals surface area contributed by atoms with Crippen LogP contribution >= 0.6 is 0 Å². The molecular formula is C25H44N4O6. The number of carbonyl (C=O) groups excluding carboxylic acids is 3. The number of nitrogens with zero attached hydrogens (tertiary/aromatic N) is 1. The molecule has 3 unspecified atom stereocenters. The number of rotatable bonds is 16. The first kappa shape index (κ1) is 30.4. The van der Waals surface area contributed by atoms with Crippen molar-refractivity contribution in [2.24, 2.45) is 16.5 Å². The van der Waals surface area contributed by atoms with Crippen molar-refractivity contribution >= 4 is 23.8 Å². The van der Waals surface area contributed by atoms with Crippen LogP contribution in [0.5, 0.6) is 0 Å². The van der Waals surface area contributed by atoms with Crippen LogP contribution in [0.4, 0.5) is 0 Å². The van der Waals surface area contributed by atoms with Crippen molar-refractivity contribution in [2.75, 3.05) is 13.2 Å². The van der Waals surface area contributed by atoms with Crippen molar-refractivity contribution in [3.05, 3.63) is 11.6 Å². The molecule has 0 heterocycles. The molecule has 0 radical (unpaired) electrons. The summed E-state index contributed by atoms with van der Waals surface area (Å²) in [6.45, 7) is 7.49. The van der Waals surface area contributed by atoms with Gasteiger partial charge in [0.25, 0.3) is 0 Å². The van der Waals surface area contributed by atoms with E-state index in [4.69, 9.17) is 25.7 Å². The average Bonchev–Trinajstić information content (AvgIpc) is 2.80. The number of carbonyl (C=O) groups is 3. The summed E-state index contributed by atoms with van der Waals surface area (Å²) >= 11 is 0. The monoisotopic (exact) mass is 496 g/mol. The Morgan fingerprint density at radius 1 is 1.06 bits per heavy atom. The molecule has 10 nitrogen and oxygen atoms in total. The lowest BCUT2D eigenvalue weighted by Crippen LogP contribution is -2.54. The molecule has 0 fully saturated rings. The SMILES string of the molecule is CCCCCCCC(=O)OCCOC(=O)C1=CC(OC(CC)CC)C(NC(C)=O)C(N=C(N)N)C1. The number of nitrogens with one attached hydrogen (secondary N) is 1. The van der Waals surface area contributed by atoms with Gasteiger partial charge in [0.2, 0.25) is 5.91 Å². The van der Waals surface area contributed by atoms with Gasteiger partial charge in [0.1, 0.15) is 13.2 Å². The van der Waals surface area contributed by atoms with E-state index in [-0.39, 0.29) is 43.6 Å². The third-order valence-electron chi connectivity index (χ3n) is 5.83. The third kappa shape index (κ3) is 12.1. The highest BCUT2D eigenvalue weighted by Crippen LogP contribution is 2.27. The van der Waals surface area contributed by atoms with Crippen molar-refractivity contribution in [3.63, 3.8) is 0 Å². The van der Waals surface area contributed by atoms with E-state index in [1.54, 1.807) is 6.08 Å². The van der Waals surface area contributed by atoms with E-state index in [0.717, 1.165) is 38.5 Å². The number of hydrogen-bond donors (Lipinski definition) is 3. The lowest BCUT2D eigenvalue weighted by atomic mass is 9.88. The van der Waals surface area contributed by atoms with Gasteiger partial charge in [-0.1, -0.05) is 46.5 Å². The molecule has 10 heteroatoms. The van der Waals surface area contributed by atoms with Gasteiger partial charge >= 0.3 is 11.9 Å². The molecule has 200 valence electrons. The summed E-state index contributed by atoms with van der Waals surface area (Å²) in [5.74, 6) is -1.26. The minimum Gasteiger partial charge on any atom is -0.462 e. The van der Waals surface area contributed by atoms with Crippen LogP contribution in [0, 0.1) is 0 Å². The van der Waals surface area contributed by atoms with Crippen LogP contribution in [-0.4, -0.2) is 61.3 Å². The quantitative estimate of drug-likeness (QED) is 0.127. The lowest BCUT2D eigenvalue weighted by molar-refractivity contribution is -0.150. The van der Waals surface area contributed by atoms with Crippen molar-refractivity contribution in [2.45, 2.75) is 110 Å². The minimum atomic E-state index is -0.612. The second-order valence-corrected chi connectivity index (χ2v) is 8.80. The fourth-order valence-electron chi connectivity index (χ4n) is 3.98. The first-order valence-corrected chi connectivity index (χ1v) is 12.8. The van der Waals surface area contributed by atoms with Gasteiger partial charge in [-0.25, -0.2) is 9.79 Å². The fourth-order valence-corrected chi connectivity index (χ4v) is 3.98. The van der Waals surface area contributed by atoms with Crippen LogP contribution in [-0.2, 0) is 28.6 Å². The normalized spacial score (nSPS) is 19.6. The van der Waals surface area contributed by atoms with Crippen molar-refractivity contribution in [3.8, 4) is 0 Å². The standard InChI is InChI=1S/C25H44N4O6/c1-5-8-9-10-11-12-22(31)33-13-14-34-24(32)18-15-20(29-25(26)27)23(28-17(4)30)21(16-18)35-19(6-2)7-3/h16,19-21,23H,5-15H2,1-4H3,(H,28,30)(H4,26,27,29). The summed E-state index contributed by atoms with van der Waals surface area (Å²) in [6, 6.07) is -1.13. The molecule has 1 amide bonds. The number of nitrogens with two attached hydrogens (primary N) is 2. The van der Waals surface area contributed by atoms with Crippen LogP contribution in [0.2, 0.25) is 0 Å². The smallest absolute Gasteiger partial charge is 0.333 e. The van der Waals surface area contributed by atoms with Crippen molar-refractivity contribution in [1.29, 1.82) is 0 Å². The Hall–Kier alpha value is -2.62. The first-order valence-electron chi connectivity index (χ1n) is 12.8. The van der Waals surface area contributed by atoms with Crippen LogP contribution < -0.4 is 16.8 Å². The number of esters is 2. The molecule has 1 aliphatic rings. The summed E-state index contributed by atoms with van der Waals surface area (Å²) < 4.78 is 16.7. The van der Waals surface area contributed by atoms with Crippen LogP contribution in [0.25, 0.3) is 0 Å². The Balaban J connectivity index is 2.76. The van der Waals surface area contributed by atoms with E-state index in [2.05, 4.69) is 17.2 Å². The fraction of sp³-hybridized carbons (Fsp3) is 0.760. The molecule has 0 aliphatic heterocycles. The molecule has 0 saturated heterocycles. The zero-order chi connectivity index (χ0) is 26.2. The molecule has 0 bridgehead atoms. The Labute approximate surface area is 209 Å². The summed E-state index contributed by atoms with van der Waals surface area (Å²) in [5, 5.41) is 2.86. The molecule has 1 aliphatic carbocycles. The van der Waals surface area contributed by atoms with Gasteiger partial charge in [0.05, 0.1) is 24.3 Å². The second-order valence-electron chi connectivity index (χ2n) is 8.80. The number of amides is 1. The number of unbranched alkanes of at least 4 members (excludes halogenated alkanes) is 4. The second kappa shape index (κ2) is 16.9. The predicted molar refractivity (Wildman–Crippen MR) is 134 cm³/mol. The Morgan fingerprint density at radius 2 is 1.71 bits per heavy atom. The molecule has 3 atom stereocenters. The van der Waals surface area contributed by atoms with Crippen LogP contribution in [0.1, 0.15) is 85.5 Å². The first-order chi connectivity index (χ1) is 16.7. The van der Waals surface area contributed by atoms with E-state index in [0.29, 0.717) is 12.0 Å². The largest absolute Gasteiger partial charge is 0.462 e. The lowest BCUT2D eigenvalue weighted by Gasteiger charge is -2.36. The number of guanidine groups is 1. The summed E-state index contributed by atoms with van der Waals surface area (Å²) in [5.41, 5.74) is 11.6. The van der Waals surface area contributed by atoms with E-state index in [1.165, 1.54) is 13.3 Å². The topological polar surface area (TPSA) is 155 Å². The summed E-state index contributed by atoms with van der Waals surface area (Å²) in [7, 11) is 0. The van der Waals surface area contributed by atoms with Crippen LogP contribution in [0.15, 0.2) is 16.6 Å². The number of hydrogen-bond acceptors (Lipinski definition) is 7. The highest BCUT2D eigenvalue weighted by molar-refractivity contribution is 5.89. The molecule has 0 spiro atoms. The minimum absolute atomic E-state index is 0.00761. The highest BCUT2D eigenvalue weighted by atomic mass is 16.6. The maximum absolute atomic E-state index is 12.8. The Kier molecular flexibility index (Phi) is 14.7. The maximum Gasteiger partial charge on any atom is 0.333 e. The summed E-state index contributed by atoms with van der Waals surface area (Å²) in [4.78, 5) is 40.7. The molecule has 0 aromatic rings. The zero-order valence-corrected chi connectivity index (χ0v) is 21.7. The molecule has 1 rings (SSSR count). The Bertz CT molecular complexity index is 731. The van der Waals surface area contributed by atoms with E-state index < -0.39 is 24.2 Å². The zero-order valence-electron chi connectivity index (χ0n) is 21.7. The van der Waals surface area contributed by atoms with E-state index in [1.807, 2.05) is 13.8 Å². The average molecular weight is 497 g/mol. The number of ether oxygens (including phenoxy) is 3. The van der Waals surface area contributed by atoms with Gasteiger partial charge in [-0.15, -0.1) is 0 Å². The van der Waals surface area contributed by atoms with Crippen LogP contribution in [0.3, 0.4) is 0 Å². The van der Waals surface area contributed by atoms with Gasteiger partial charge in [0, 0.05) is 25.3 Å². The molecule has 35 heavy (non-hydrogen) atoms. The van der Waals surface area contributed by atoms with E-state index >= 15 is 0 Å². The van der Waals surface area contributed by atoms with E-state index in [9.17, 15) is 14.4 Å². The van der Waals surface area contributed by atoms with Gasteiger partial charge in [-0.05, 0) is 25.3 Å². The molecule has 0 aromatic heterocycles. The van der Waals surface area contributed by atoms with Gasteiger partial charge < -0.3 is 31.0 Å². The van der Waals surface area contributed by atoms with Gasteiger partial charge in [0.15, 0.2) is 5.96 Å². The maximum atomic E-state index is 12.8. The molecule has 5 N–H and O–H groups in total. The molecular weight excluding hydrogens is 452 g/mol.